The summed E-state index contributed by atoms with van der Waals surface area (Å²) in [7, 11) is 0. The molecule has 0 nitrogen and oxygen atoms in total. The molecular weight excluding hydrogens is 1190 g/mol. The molecule has 0 aliphatic heterocycles. The van der Waals surface area contributed by atoms with Crippen LogP contribution in [-0.2, 0) is 0 Å². The average molecular weight is 1230 g/mol. The fourth-order valence-corrected chi connectivity index (χ4v) is 126. The van der Waals surface area contributed by atoms with Gasteiger partial charge in [0.2, 0.25) is 0 Å². The molecule has 76 unspecified atom stereocenters. The zero-order chi connectivity index (χ0) is 52.8. The molecule has 0 N–H and O–H groups in total. The van der Waals surface area contributed by atoms with Gasteiger partial charge in [-0.2, -0.15) is 0 Å². The highest BCUT2D eigenvalue weighted by atomic mass is 15.9. The van der Waals surface area contributed by atoms with E-state index in [1.807, 2.05) is 25.7 Å². The van der Waals surface area contributed by atoms with E-state index in [1.165, 1.54) is 357 Å². The lowest BCUT2D eigenvalue weighted by Crippen LogP contribution is -3.79. The van der Waals surface area contributed by atoms with Gasteiger partial charge in [-0.15, -0.1) is 0 Å². The largest absolute Gasteiger partial charge is 0.0458 e. The predicted molar refractivity (Wildman–Crippen MR) is 300 cm³/mol. The summed E-state index contributed by atoms with van der Waals surface area (Å²) in [5.41, 5.74) is 73.1. The molecular formula is C99H40. The standard InChI is InChI=1S/C99H40/c1-5-13-21-29-22-14-6-2-10-19-27-33-36-34-28-20-12-4-8-16-24-30-23-15-7-3-11-18-26-32-35-31-25-17-9(1)37(5)41(13)49(21)57(29)50(22)42(14)38(6,10)47(19)55(27)61(33)64(36)62(34)56(28)48(20)40(8,12)44(16)52(24)58(30)51(23)43(15)39(7,11)46(18)54(26)60(32)63(35)59(31)53(25)45(17,37)65(41)69(49)77(57)70(50)66(42,47)75(55)81(61)84(64)82(62)76(56)68(44,48)72(52)78(58)71(51)67(43,46)74(54)80(60)83(63)79(59)73(53,65)85(69)89(77)86(70,75)93(81)96(84)94(82)88(72,76)90(78)87(71,74)92(80)95(83)91(79,85)97(89,93)99(95,96)98(90,92)94/h5-36H,1-4H2. The molecule has 0 heterocycles. The van der Waals surface area contributed by atoms with Crippen molar-refractivity contribution in [2.24, 2.45) is 417 Å². The Balaban J connectivity index is 0.624. The van der Waals surface area contributed by atoms with Crippen molar-refractivity contribution >= 4 is 0 Å². The SMILES string of the molecule is C1C2C3C4C5C6C7C8CC9C%10C%11C%12C%13C%14C%15C%16C%17CC%18C%19C%20C%21C%22C%23C%24CC%25C%26C%27C%28C%29C%30C%31C%32C1C21C32C43C54C65C76C89C%107C%118C%129C%13%10C%14%11C%15%12C%16%13C%18%17C%19%14C%20%15C%21%16C%22%17C%23%18C%24%25C%26%19C%27%20C%28%21C%29%22C%30%23C%31%24C%321C21C32C43C54C67C85C96C%107C%118C%129C%14%13C%15%10C%16%11C%17%12C%18%19C%20%13C%21%14C%22%15C%23%16C%241C21C32C45C63C74C85C%109C%116C%12%13C%147C%158C%161C23C84C675. The summed E-state index contributed by atoms with van der Waals surface area (Å²) in [6.45, 7) is 0. The Kier molecular flexibility index (Phi) is 1.22. The van der Waals surface area contributed by atoms with Gasteiger partial charge in [-0.05, 0) is 556 Å². The van der Waals surface area contributed by atoms with Crippen LogP contribution < -0.4 is 0 Å². The van der Waals surface area contributed by atoms with Gasteiger partial charge in [-0.3, -0.25) is 0 Å². The van der Waals surface area contributed by atoms with Crippen molar-refractivity contribution in [3.8, 4) is 0 Å². The van der Waals surface area contributed by atoms with E-state index >= 15 is 0 Å². The van der Waals surface area contributed by atoms with Crippen LogP contribution in [0.25, 0.3) is 0 Å². The molecule has 99 heavy (non-hydrogen) atoms. The second-order valence-electron chi connectivity index (χ2n) is 67.5. The molecule has 0 bridgehead atoms. The summed E-state index contributed by atoms with van der Waals surface area (Å²) < 4.78 is 0. The third kappa shape index (κ3) is 0.526. The van der Waals surface area contributed by atoms with Crippen LogP contribution in [0.4, 0.5) is 0 Å². The maximum absolute atomic E-state index is 1.94. The smallest absolute Gasteiger partial charge is 0.000000411 e. The van der Waals surface area contributed by atoms with Gasteiger partial charge in [0, 0.05) is 0 Å². The topological polar surface area (TPSA) is 0 Å². The second kappa shape index (κ2) is 4.04. The molecule has 0 heteroatoms. The van der Waals surface area contributed by atoms with Gasteiger partial charge in [-0.1, -0.05) is 0 Å². The summed E-state index contributed by atoms with van der Waals surface area (Å²) in [5, 5.41) is 0. The Labute approximate surface area is 552 Å². The summed E-state index contributed by atoms with van der Waals surface area (Å²) in [6, 6.07) is 0. The van der Waals surface area contributed by atoms with Crippen molar-refractivity contribution < 1.29 is 0 Å². The number of hydrogen-bond acceptors (Lipinski definition) is 0. The number of rotatable bonds is 0. The third-order valence-electron chi connectivity index (χ3n) is 94.4. The lowest BCUT2D eigenvalue weighted by Gasteiger charge is -3.83. The lowest BCUT2D eigenvalue weighted by molar-refractivity contribution is -1.17. The van der Waals surface area contributed by atoms with Crippen LogP contribution in [0.15, 0.2) is 0 Å². The van der Waals surface area contributed by atoms with E-state index in [-0.39, 0.29) is 0 Å². The fraction of sp³-hybridized carbons (Fsp3) is 1.00. The van der Waals surface area contributed by atoms with Crippen molar-refractivity contribution in [1.29, 1.82) is 0 Å². The van der Waals surface area contributed by atoms with Crippen LogP contribution in [0, 0.1) is 531 Å². The molecule has 80 rings (SSSR count). The summed E-state index contributed by atoms with van der Waals surface area (Å²) in [6.07, 6.45) is 7.77. The number of hydrogen-bond donors (Lipinski definition) is 0. The minimum Gasteiger partial charge on any atom is -0.0458 e. The van der Waals surface area contributed by atoms with E-state index in [9.17, 15) is 0 Å². The van der Waals surface area contributed by atoms with E-state index in [0.29, 0.717) is 0 Å². The monoisotopic (exact) mass is 1230 g/mol. The van der Waals surface area contributed by atoms with E-state index < -0.39 is 0 Å². The molecule has 436 valence electrons. The fourth-order valence-electron chi connectivity index (χ4n) is 126. The van der Waals surface area contributed by atoms with Gasteiger partial charge in [0.1, 0.15) is 0 Å². The van der Waals surface area contributed by atoms with Crippen LogP contribution in [0.1, 0.15) is 25.7 Å². The molecule has 80 aliphatic rings. The maximum atomic E-state index is 1.94. The van der Waals surface area contributed by atoms with Crippen LogP contribution in [-0.4, -0.2) is 0 Å². The molecule has 80 aliphatic carbocycles. The average Bonchev–Trinajstić information content (AvgIpc) is 0.392. The highest BCUT2D eigenvalue weighted by Gasteiger charge is 3.90. The Hall–Kier alpha value is 0. The predicted octanol–water partition coefficient (Wildman–Crippen LogP) is 7.20. The lowest BCUT2D eigenvalue weighted by atomic mass is 8.18. The van der Waals surface area contributed by atoms with Crippen molar-refractivity contribution in [1.82, 2.24) is 0 Å². The molecule has 76 atom stereocenters. The van der Waals surface area contributed by atoms with Gasteiger partial charge in [-0.25, -0.2) is 0 Å². The van der Waals surface area contributed by atoms with Crippen LogP contribution >= 0.6 is 0 Å². The van der Waals surface area contributed by atoms with Crippen molar-refractivity contribution in [2.45, 2.75) is 25.7 Å². The van der Waals surface area contributed by atoms with E-state index in [1.54, 1.807) is 0 Å². The molecule has 80 fully saturated rings. The highest BCUT2D eigenvalue weighted by Crippen LogP contribution is 3.95. The maximum Gasteiger partial charge on any atom is -0.000000411 e. The molecule has 63 spiro atoms. The normalized spacial score (nSPS) is 158. The Morgan fingerprint density at radius 2 is 0.192 bits per heavy atom. The Morgan fingerprint density at radius 3 is 0.343 bits per heavy atom. The van der Waals surface area contributed by atoms with E-state index in [4.69, 9.17) is 0 Å². The molecule has 0 aromatic rings. The van der Waals surface area contributed by atoms with Crippen LogP contribution in [0.5, 0.6) is 0 Å². The first-order valence-electron chi connectivity index (χ1n) is 49.3. The van der Waals surface area contributed by atoms with E-state index in [0.717, 1.165) is 173 Å². The molecule has 0 saturated heterocycles. The quantitative estimate of drug-likeness (QED) is 0.241. The second-order valence-corrected chi connectivity index (χ2v) is 67.5. The van der Waals surface area contributed by atoms with Gasteiger partial charge in [0.25, 0.3) is 0 Å². The van der Waals surface area contributed by atoms with Gasteiger partial charge in [0.15, 0.2) is 0 Å². The molecule has 0 aromatic carbocycles. The van der Waals surface area contributed by atoms with Crippen molar-refractivity contribution in [3.05, 3.63) is 114 Å². The zero-order valence-electron chi connectivity index (χ0n) is 52.8. The van der Waals surface area contributed by atoms with Gasteiger partial charge >= 0.3 is 0 Å². The van der Waals surface area contributed by atoms with Gasteiger partial charge < -0.3 is 0 Å². The number of fused-ring (bicyclic) bond motifs is 28. The first-order chi connectivity index (χ1) is 49.3. The first-order valence-corrected chi connectivity index (χ1v) is 49.3. The molecule has 0 aromatic heterocycles. The summed E-state index contributed by atoms with van der Waals surface area (Å²) in [4.78, 5) is 0. The Bertz CT molecular complexity index is 7590. The molecule has 80 saturated carbocycles. The minimum atomic E-state index is 1.12. The third-order valence-corrected chi connectivity index (χ3v) is 94.4. The Morgan fingerprint density at radius 1 is 0.0909 bits per heavy atom. The zero-order valence-corrected chi connectivity index (χ0v) is 52.8. The van der Waals surface area contributed by atoms with Crippen molar-refractivity contribution in [3.63, 3.8) is 0 Å². The minimum absolute atomic E-state index is 1.12. The van der Waals surface area contributed by atoms with Gasteiger partial charge in [0.05, 0.1) is 0 Å². The highest BCUT2D eigenvalue weighted by molar-refractivity contribution is 6.89. The summed E-state index contributed by atoms with van der Waals surface area (Å²) in [5.74, 6) is 46.5. The van der Waals surface area contributed by atoms with Crippen molar-refractivity contribution in [2.75, 3.05) is 0 Å². The first kappa shape index (κ1) is 30.0. The van der Waals surface area contributed by atoms with E-state index in [2.05, 4.69) is 0 Å². The molecule has 0 amide bonds. The van der Waals surface area contributed by atoms with Crippen LogP contribution in [0.2, 0.25) is 0 Å². The van der Waals surface area contributed by atoms with Crippen LogP contribution in [0.3, 0.4) is 0 Å². The summed E-state index contributed by atoms with van der Waals surface area (Å²) >= 11 is 0. The molecule has 0 radical (unpaired) electrons.